The third-order valence-electron chi connectivity index (χ3n) is 5.67. The molecule has 0 radical (unpaired) electrons. The van der Waals surface area contributed by atoms with Gasteiger partial charge >= 0.3 is 0 Å². The van der Waals surface area contributed by atoms with Gasteiger partial charge in [0.25, 0.3) is 0 Å². The summed E-state index contributed by atoms with van der Waals surface area (Å²) >= 11 is 1.52. The molecule has 0 saturated carbocycles. The van der Waals surface area contributed by atoms with E-state index in [2.05, 4.69) is 52.2 Å². The zero-order valence-corrected chi connectivity index (χ0v) is 17.4. The lowest BCUT2D eigenvalue weighted by molar-refractivity contribution is -0.129. The van der Waals surface area contributed by atoms with E-state index in [4.69, 9.17) is 0 Å². The van der Waals surface area contributed by atoms with Crippen molar-refractivity contribution in [3.8, 4) is 5.69 Å². The number of nitrogens with zero attached hydrogens (tertiary/aromatic N) is 4. The van der Waals surface area contributed by atoms with Crippen molar-refractivity contribution in [1.82, 2.24) is 19.0 Å². The maximum atomic E-state index is 13.0. The van der Waals surface area contributed by atoms with Crippen molar-refractivity contribution in [2.24, 2.45) is 7.05 Å². The molecule has 1 aliphatic rings. The van der Waals surface area contributed by atoms with E-state index >= 15 is 0 Å². The molecule has 0 N–H and O–H groups in total. The van der Waals surface area contributed by atoms with Crippen LogP contribution in [-0.2, 0) is 11.8 Å². The van der Waals surface area contributed by atoms with Gasteiger partial charge in [0, 0.05) is 37.9 Å². The first kappa shape index (κ1) is 18.9. The third-order valence-corrected chi connectivity index (χ3v) is 6.62. The average Bonchev–Trinajstić information content (AvgIpc) is 3.42. The lowest BCUT2D eigenvalue weighted by atomic mass is 10.1. The summed E-state index contributed by atoms with van der Waals surface area (Å²) in [5.74, 6) is 0.590. The lowest BCUT2D eigenvalue weighted by Gasteiger charge is -2.25. The van der Waals surface area contributed by atoms with E-state index < -0.39 is 0 Å². The van der Waals surface area contributed by atoms with Crippen LogP contribution in [0.5, 0.6) is 0 Å². The highest BCUT2D eigenvalue weighted by Crippen LogP contribution is 2.33. The first-order valence-corrected chi connectivity index (χ1v) is 10.7. The second-order valence-corrected chi connectivity index (χ2v) is 8.32. The fourth-order valence-corrected chi connectivity index (χ4v) is 4.83. The van der Waals surface area contributed by atoms with Gasteiger partial charge in [-0.3, -0.25) is 9.36 Å². The Morgan fingerprint density at radius 3 is 2.86 bits per heavy atom. The number of likely N-dealkylation sites (tertiary alicyclic amines) is 1. The summed E-state index contributed by atoms with van der Waals surface area (Å²) in [5, 5.41) is 0.858. The summed E-state index contributed by atoms with van der Waals surface area (Å²) in [6, 6.07) is 10.6. The van der Waals surface area contributed by atoms with E-state index in [1.807, 2.05) is 30.4 Å². The maximum absolute atomic E-state index is 13.0. The molecule has 146 valence electrons. The third kappa shape index (κ3) is 3.49. The predicted octanol–water partition coefficient (Wildman–Crippen LogP) is 4.28. The molecule has 1 atom stereocenters. The molecule has 0 bridgehead atoms. The molecule has 1 amide bonds. The number of amides is 1. The van der Waals surface area contributed by atoms with Gasteiger partial charge in [0.2, 0.25) is 5.91 Å². The summed E-state index contributed by atoms with van der Waals surface area (Å²) in [4.78, 5) is 19.5. The predicted molar refractivity (Wildman–Crippen MR) is 113 cm³/mol. The number of aromatic nitrogens is 3. The molecule has 0 spiro atoms. The van der Waals surface area contributed by atoms with E-state index in [9.17, 15) is 4.79 Å². The highest BCUT2D eigenvalue weighted by Gasteiger charge is 2.31. The van der Waals surface area contributed by atoms with Crippen molar-refractivity contribution < 1.29 is 4.79 Å². The van der Waals surface area contributed by atoms with Crippen molar-refractivity contribution in [1.29, 1.82) is 0 Å². The molecule has 28 heavy (non-hydrogen) atoms. The molecule has 2 aromatic heterocycles. The van der Waals surface area contributed by atoms with Crippen molar-refractivity contribution in [2.45, 2.75) is 37.9 Å². The summed E-state index contributed by atoms with van der Waals surface area (Å²) in [6.07, 6.45) is 7.91. The highest BCUT2D eigenvalue weighted by atomic mass is 32.2. The van der Waals surface area contributed by atoms with Gasteiger partial charge in [-0.15, -0.1) is 0 Å². The SMILES string of the molecule is Cc1cccc(-n2ccnc2SCC(=O)N2CCCC2c2cccn2C)c1C. The van der Waals surface area contributed by atoms with Crippen LogP contribution < -0.4 is 0 Å². The standard InChI is InChI=1S/C22H26N4OS/c1-16-7-4-8-18(17(16)2)26-14-11-23-22(26)28-15-21(27)25-13-6-10-20(25)19-9-5-12-24(19)3/h4-5,7-9,11-12,14,20H,6,10,13,15H2,1-3H3. The van der Waals surface area contributed by atoms with Crippen molar-refractivity contribution in [2.75, 3.05) is 12.3 Å². The Hall–Kier alpha value is -2.47. The monoisotopic (exact) mass is 394 g/mol. The van der Waals surface area contributed by atoms with E-state index in [0.29, 0.717) is 5.75 Å². The fourth-order valence-electron chi connectivity index (χ4n) is 3.98. The Morgan fingerprint density at radius 1 is 1.21 bits per heavy atom. The molecular weight excluding hydrogens is 368 g/mol. The molecule has 3 aromatic rings. The van der Waals surface area contributed by atoms with Crippen LogP contribution in [0.2, 0.25) is 0 Å². The van der Waals surface area contributed by atoms with Crippen molar-refractivity contribution >= 4 is 17.7 Å². The lowest BCUT2D eigenvalue weighted by Crippen LogP contribution is -2.32. The van der Waals surface area contributed by atoms with Gasteiger partial charge in [0.1, 0.15) is 0 Å². The minimum absolute atomic E-state index is 0.184. The largest absolute Gasteiger partial charge is 0.353 e. The van der Waals surface area contributed by atoms with Crippen LogP contribution in [0.25, 0.3) is 5.69 Å². The summed E-state index contributed by atoms with van der Waals surface area (Å²) in [6.45, 7) is 5.07. The van der Waals surface area contributed by atoms with Gasteiger partial charge in [0.15, 0.2) is 5.16 Å². The molecule has 5 nitrogen and oxygen atoms in total. The van der Waals surface area contributed by atoms with Gasteiger partial charge in [-0.2, -0.15) is 0 Å². The fraction of sp³-hybridized carbons (Fsp3) is 0.364. The van der Waals surface area contributed by atoms with Crippen LogP contribution in [0.1, 0.15) is 35.7 Å². The first-order chi connectivity index (χ1) is 13.6. The maximum Gasteiger partial charge on any atom is 0.233 e. The Kier molecular flexibility index (Phi) is 5.31. The van der Waals surface area contributed by atoms with E-state index in [1.165, 1.54) is 28.6 Å². The first-order valence-electron chi connectivity index (χ1n) is 9.69. The smallest absolute Gasteiger partial charge is 0.233 e. The number of imidazole rings is 1. The van der Waals surface area contributed by atoms with Gasteiger partial charge in [-0.1, -0.05) is 23.9 Å². The molecule has 1 aliphatic heterocycles. The number of carbonyl (C=O) groups is 1. The van der Waals surface area contributed by atoms with Gasteiger partial charge < -0.3 is 9.47 Å². The summed E-state index contributed by atoms with van der Waals surface area (Å²) < 4.78 is 4.20. The number of carbonyl (C=O) groups excluding carboxylic acids is 1. The Morgan fingerprint density at radius 2 is 2.07 bits per heavy atom. The van der Waals surface area contributed by atoms with Crippen LogP contribution in [0.3, 0.4) is 0 Å². The van der Waals surface area contributed by atoms with Crippen LogP contribution in [0.4, 0.5) is 0 Å². The normalized spacial score (nSPS) is 16.7. The van der Waals surface area contributed by atoms with Gasteiger partial charge in [-0.05, 0) is 56.0 Å². The minimum Gasteiger partial charge on any atom is -0.353 e. The molecule has 6 heteroatoms. The topological polar surface area (TPSA) is 43.1 Å². The molecule has 1 fully saturated rings. The van der Waals surface area contributed by atoms with E-state index in [0.717, 1.165) is 30.2 Å². The van der Waals surface area contributed by atoms with Crippen molar-refractivity contribution in [3.63, 3.8) is 0 Å². The number of thioether (sulfide) groups is 1. The minimum atomic E-state index is 0.184. The van der Waals surface area contributed by atoms with Crippen LogP contribution in [0, 0.1) is 13.8 Å². The number of benzene rings is 1. The Bertz CT molecular complexity index is 990. The van der Waals surface area contributed by atoms with Gasteiger partial charge in [-0.25, -0.2) is 4.98 Å². The number of hydrogen-bond donors (Lipinski definition) is 0. The summed E-state index contributed by atoms with van der Waals surface area (Å²) in [5.41, 5.74) is 4.82. The molecular formula is C22H26N4OS. The second kappa shape index (κ2) is 7.87. The van der Waals surface area contributed by atoms with Crippen LogP contribution >= 0.6 is 11.8 Å². The molecule has 4 rings (SSSR count). The van der Waals surface area contributed by atoms with Crippen LogP contribution in [-0.4, -0.2) is 37.2 Å². The van der Waals surface area contributed by atoms with Crippen LogP contribution in [0.15, 0.2) is 54.1 Å². The summed E-state index contributed by atoms with van der Waals surface area (Å²) in [7, 11) is 2.05. The number of rotatable bonds is 5. The molecule has 0 aliphatic carbocycles. The Balaban J connectivity index is 1.48. The zero-order chi connectivity index (χ0) is 19.7. The highest BCUT2D eigenvalue weighted by molar-refractivity contribution is 7.99. The van der Waals surface area contributed by atoms with Gasteiger partial charge in [0.05, 0.1) is 17.5 Å². The van der Waals surface area contributed by atoms with E-state index in [1.54, 1.807) is 6.20 Å². The molecule has 3 heterocycles. The average molecular weight is 395 g/mol. The Labute approximate surface area is 170 Å². The van der Waals surface area contributed by atoms with E-state index in [-0.39, 0.29) is 11.9 Å². The quantitative estimate of drug-likeness (QED) is 0.607. The molecule has 1 saturated heterocycles. The van der Waals surface area contributed by atoms with Crippen molar-refractivity contribution in [3.05, 3.63) is 65.7 Å². The number of aryl methyl sites for hydroxylation is 2. The molecule has 1 aromatic carbocycles. The molecule has 1 unspecified atom stereocenters. The number of hydrogen-bond acceptors (Lipinski definition) is 3. The second-order valence-electron chi connectivity index (χ2n) is 7.38. The zero-order valence-electron chi connectivity index (χ0n) is 16.6.